The third-order valence-corrected chi connectivity index (χ3v) is 3.19. The van der Waals surface area contributed by atoms with Gasteiger partial charge in [0.05, 0.1) is 10.6 Å². The van der Waals surface area contributed by atoms with Crippen molar-refractivity contribution in [1.82, 2.24) is 0 Å². The van der Waals surface area contributed by atoms with Crippen LogP contribution in [0.4, 0.5) is 5.69 Å². The van der Waals surface area contributed by atoms with E-state index in [1.807, 2.05) is 19.1 Å². The van der Waals surface area contributed by atoms with Crippen LogP contribution in [-0.2, 0) is 4.79 Å². The van der Waals surface area contributed by atoms with E-state index >= 15 is 0 Å². The van der Waals surface area contributed by atoms with Crippen LogP contribution in [0.25, 0.3) is 0 Å². The van der Waals surface area contributed by atoms with Crippen LogP contribution in [0.2, 0.25) is 5.02 Å². The van der Waals surface area contributed by atoms with Gasteiger partial charge >= 0.3 is 5.97 Å². The Hall–Kier alpha value is -2.53. The number of carboxylic acids is 1. The highest BCUT2D eigenvalue weighted by Gasteiger charge is 2.10. The fourth-order valence-electron chi connectivity index (χ4n) is 1.75. The van der Waals surface area contributed by atoms with Crippen molar-refractivity contribution in [1.29, 1.82) is 0 Å². The minimum Gasteiger partial charge on any atom is -0.484 e. The summed E-state index contributed by atoms with van der Waals surface area (Å²) in [5.41, 5.74) is 1.49. The number of anilines is 1. The van der Waals surface area contributed by atoms with E-state index in [2.05, 4.69) is 5.32 Å². The molecule has 2 aromatic carbocycles. The molecule has 0 saturated carbocycles. The molecule has 2 N–H and O–H groups in total. The molecular weight excluding hydrogens is 306 g/mol. The van der Waals surface area contributed by atoms with E-state index in [0.717, 1.165) is 5.56 Å². The van der Waals surface area contributed by atoms with Gasteiger partial charge in [-0.15, -0.1) is 0 Å². The Bertz CT molecular complexity index is 698. The molecule has 0 aromatic heterocycles. The molecule has 0 aliphatic heterocycles. The van der Waals surface area contributed by atoms with Crippen LogP contribution in [0.5, 0.6) is 5.75 Å². The number of hydrogen-bond acceptors (Lipinski definition) is 3. The van der Waals surface area contributed by atoms with Gasteiger partial charge in [-0.05, 0) is 37.3 Å². The van der Waals surface area contributed by atoms with E-state index < -0.39 is 5.97 Å². The van der Waals surface area contributed by atoms with E-state index in [1.54, 1.807) is 12.1 Å². The molecule has 0 fully saturated rings. The highest BCUT2D eigenvalue weighted by Crippen LogP contribution is 2.21. The predicted octanol–water partition coefficient (Wildman–Crippen LogP) is 3.36. The van der Waals surface area contributed by atoms with Gasteiger partial charge in [0, 0.05) is 5.69 Å². The van der Waals surface area contributed by atoms with E-state index in [4.69, 9.17) is 21.4 Å². The number of carbonyl (C=O) groups is 2. The zero-order valence-electron chi connectivity index (χ0n) is 11.8. The molecule has 0 saturated heterocycles. The van der Waals surface area contributed by atoms with Gasteiger partial charge in [-0.1, -0.05) is 29.3 Å². The molecule has 0 aliphatic carbocycles. The number of halogens is 1. The first-order chi connectivity index (χ1) is 10.5. The topological polar surface area (TPSA) is 75.6 Å². The quantitative estimate of drug-likeness (QED) is 0.886. The minimum atomic E-state index is -1.12. The summed E-state index contributed by atoms with van der Waals surface area (Å²) in [5.74, 6) is -0.884. The zero-order chi connectivity index (χ0) is 16.1. The van der Waals surface area contributed by atoms with Crippen molar-refractivity contribution >= 4 is 29.2 Å². The Kier molecular flexibility index (Phi) is 5.01. The van der Waals surface area contributed by atoms with Crippen molar-refractivity contribution in [2.75, 3.05) is 11.9 Å². The Morgan fingerprint density at radius 2 is 1.86 bits per heavy atom. The number of benzene rings is 2. The van der Waals surface area contributed by atoms with Gasteiger partial charge in [0.1, 0.15) is 5.75 Å². The van der Waals surface area contributed by atoms with Crippen molar-refractivity contribution in [2.24, 2.45) is 0 Å². The fraction of sp³-hybridized carbons (Fsp3) is 0.125. The fourth-order valence-corrected chi connectivity index (χ4v) is 2.01. The Balaban J connectivity index is 1.93. The summed E-state index contributed by atoms with van der Waals surface area (Å²) in [4.78, 5) is 22.6. The Labute approximate surface area is 132 Å². The van der Waals surface area contributed by atoms with Crippen LogP contribution in [-0.4, -0.2) is 23.6 Å². The number of aryl methyl sites for hydroxylation is 1. The summed E-state index contributed by atoms with van der Waals surface area (Å²) >= 11 is 5.83. The van der Waals surface area contributed by atoms with Crippen LogP contribution in [0, 0.1) is 6.92 Å². The van der Waals surface area contributed by atoms with Crippen LogP contribution in [0.3, 0.4) is 0 Å². The van der Waals surface area contributed by atoms with E-state index in [-0.39, 0.29) is 23.1 Å². The summed E-state index contributed by atoms with van der Waals surface area (Å²) in [6.45, 7) is 1.81. The number of amides is 1. The van der Waals surface area contributed by atoms with Gasteiger partial charge in [0.2, 0.25) is 0 Å². The number of carboxylic acid groups (broad SMARTS) is 1. The zero-order valence-corrected chi connectivity index (χ0v) is 12.6. The second-order valence-corrected chi connectivity index (χ2v) is 5.06. The lowest BCUT2D eigenvalue weighted by Gasteiger charge is -2.08. The first-order valence-corrected chi connectivity index (χ1v) is 6.85. The van der Waals surface area contributed by atoms with Crippen LogP contribution in [0.1, 0.15) is 15.9 Å². The lowest BCUT2D eigenvalue weighted by molar-refractivity contribution is -0.118. The molecule has 0 heterocycles. The number of hydrogen-bond donors (Lipinski definition) is 2. The van der Waals surface area contributed by atoms with Crippen molar-refractivity contribution in [3.8, 4) is 5.75 Å². The molecule has 0 aliphatic rings. The van der Waals surface area contributed by atoms with Crippen molar-refractivity contribution in [3.05, 3.63) is 58.6 Å². The number of rotatable bonds is 5. The van der Waals surface area contributed by atoms with Crippen LogP contribution < -0.4 is 10.1 Å². The Morgan fingerprint density at radius 3 is 2.45 bits per heavy atom. The molecule has 0 bridgehead atoms. The second-order valence-electron chi connectivity index (χ2n) is 4.65. The lowest BCUT2D eigenvalue weighted by atomic mass is 10.2. The van der Waals surface area contributed by atoms with E-state index in [9.17, 15) is 9.59 Å². The monoisotopic (exact) mass is 319 g/mol. The van der Waals surface area contributed by atoms with Gasteiger partial charge in [-0.25, -0.2) is 4.79 Å². The maximum atomic E-state index is 11.8. The minimum absolute atomic E-state index is 0.0180. The van der Waals surface area contributed by atoms with Crippen molar-refractivity contribution in [3.63, 3.8) is 0 Å². The SMILES string of the molecule is Cc1ccc(OCC(=O)Nc2ccc(C(=O)O)c(Cl)c2)cc1. The smallest absolute Gasteiger partial charge is 0.337 e. The molecule has 22 heavy (non-hydrogen) atoms. The van der Waals surface area contributed by atoms with E-state index in [1.165, 1.54) is 18.2 Å². The average Bonchev–Trinajstić information content (AvgIpc) is 2.46. The van der Waals surface area contributed by atoms with Crippen molar-refractivity contribution in [2.45, 2.75) is 6.92 Å². The van der Waals surface area contributed by atoms with E-state index in [0.29, 0.717) is 11.4 Å². The molecule has 2 aromatic rings. The molecule has 6 heteroatoms. The number of aromatic carboxylic acids is 1. The summed E-state index contributed by atoms with van der Waals surface area (Å²) < 4.78 is 5.35. The summed E-state index contributed by atoms with van der Waals surface area (Å²) in [6, 6.07) is 11.5. The van der Waals surface area contributed by atoms with Gasteiger partial charge in [0.25, 0.3) is 5.91 Å². The third kappa shape index (κ3) is 4.23. The maximum Gasteiger partial charge on any atom is 0.337 e. The molecule has 2 rings (SSSR count). The molecule has 0 radical (unpaired) electrons. The van der Waals surface area contributed by atoms with Crippen molar-refractivity contribution < 1.29 is 19.4 Å². The van der Waals surface area contributed by atoms with Gasteiger partial charge < -0.3 is 15.2 Å². The number of ether oxygens (including phenoxy) is 1. The number of nitrogens with one attached hydrogen (secondary N) is 1. The number of carbonyl (C=O) groups excluding carboxylic acids is 1. The largest absolute Gasteiger partial charge is 0.484 e. The predicted molar refractivity (Wildman–Crippen MR) is 83.7 cm³/mol. The summed E-state index contributed by atoms with van der Waals surface area (Å²) in [6.07, 6.45) is 0. The third-order valence-electron chi connectivity index (χ3n) is 2.87. The highest BCUT2D eigenvalue weighted by atomic mass is 35.5. The first kappa shape index (κ1) is 15.9. The molecule has 0 spiro atoms. The average molecular weight is 320 g/mol. The molecule has 0 unspecified atom stereocenters. The van der Waals surface area contributed by atoms with Gasteiger partial charge in [-0.3, -0.25) is 4.79 Å². The lowest BCUT2D eigenvalue weighted by Crippen LogP contribution is -2.20. The molecule has 5 nitrogen and oxygen atoms in total. The summed E-state index contributed by atoms with van der Waals surface area (Å²) in [5, 5.41) is 11.5. The molecular formula is C16H14ClNO4. The van der Waals surface area contributed by atoms with Gasteiger partial charge in [-0.2, -0.15) is 0 Å². The van der Waals surface area contributed by atoms with Gasteiger partial charge in [0.15, 0.2) is 6.61 Å². The first-order valence-electron chi connectivity index (χ1n) is 6.48. The molecule has 1 amide bonds. The Morgan fingerprint density at radius 1 is 1.18 bits per heavy atom. The molecule has 0 atom stereocenters. The molecule has 114 valence electrons. The van der Waals surface area contributed by atoms with Crippen LogP contribution in [0.15, 0.2) is 42.5 Å². The second kappa shape index (κ2) is 6.95. The standard InChI is InChI=1S/C16H14ClNO4/c1-10-2-5-12(6-3-10)22-9-15(19)18-11-4-7-13(16(20)21)14(17)8-11/h2-8H,9H2,1H3,(H,18,19)(H,20,21). The maximum absolute atomic E-state index is 11.8. The highest BCUT2D eigenvalue weighted by molar-refractivity contribution is 6.33. The normalized spacial score (nSPS) is 10.1. The van der Waals surface area contributed by atoms with Crippen LogP contribution >= 0.6 is 11.6 Å². The summed E-state index contributed by atoms with van der Waals surface area (Å²) in [7, 11) is 0.